The molecule has 3 atom stereocenters. The molecule has 1 aromatic carbocycles. The Morgan fingerprint density at radius 1 is 1.32 bits per heavy atom. The third-order valence-electron chi connectivity index (χ3n) is 5.28. The lowest BCUT2D eigenvalue weighted by atomic mass is 9.74. The Kier molecular flexibility index (Phi) is 8.33. The van der Waals surface area contributed by atoms with Crippen molar-refractivity contribution in [1.82, 2.24) is 5.32 Å². The number of anilines is 1. The Bertz CT molecular complexity index is 582. The highest BCUT2D eigenvalue weighted by molar-refractivity contribution is 6.30. The molecule has 3 N–H and O–H groups in total. The summed E-state index contributed by atoms with van der Waals surface area (Å²) < 4.78 is 0. The minimum Gasteiger partial charge on any atom is -0.369 e. The molecule has 7 heteroatoms. The first kappa shape index (κ1) is 22.4. The highest BCUT2D eigenvalue weighted by atomic mass is 35.5. The molecular weight excluding hydrogens is 381 g/mol. The monoisotopic (exact) mass is 407 g/mol. The zero-order chi connectivity index (χ0) is 16.4. The smallest absolute Gasteiger partial charge is 0.225 e. The van der Waals surface area contributed by atoms with E-state index in [2.05, 4.69) is 16.3 Å². The summed E-state index contributed by atoms with van der Waals surface area (Å²) in [4.78, 5) is 14.9. The summed E-state index contributed by atoms with van der Waals surface area (Å²) in [5, 5.41) is 3.97. The predicted octanol–water partition coefficient (Wildman–Crippen LogP) is 3.79. The maximum absolute atomic E-state index is 12.6. The highest BCUT2D eigenvalue weighted by Crippen LogP contribution is 2.32. The average Bonchev–Trinajstić information content (AvgIpc) is 2.95. The molecule has 3 unspecified atom stereocenters. The number of nitrogens with one attached hydrogen (secondary N) is 1. The largest absolute Gasteiger partial charge is 0.369 e. The molecule has 0 bridgehead atoms. The number of nitrogens with zero attached hydrogens (tertiary/aromatic N) is 1. The maximum atomic E-state index is 12.6. The number of nitrogens with two attached hydrogens (primary N) is 1. The van der Waals surface area contributed by atoms with Gasteiger partial charge in [-0.25, -0.2) is 0 Å². The topological polar surface area (TPSA) is 58.4 Å². The SMILES string of the molecule is CC1(N)CCCCC1C(=O)NC1CCN(c2cccc(Cl)c2)C1.Cl.Cl. The minimum atomic E-state index is -0.367. The first-order valence-electron chi connectivity index (χ1n) is 8.55. The first-order chi connectivity index (χ1) is 11.0. The van der Waals surface area contributed by atoms with Crippen molar-refractivity contribution < 1.29 is 4.79 Å². The number of rotatable bonds is 3. The van der Waals surface area contributed by atoms with Gasteiger partial charge in [-0.2, -0.15) is 0 Å². The quantitative estimate of drug-likeness (QED) is 0.800. The lowest BCUT2D eigenvalue weighted by Gasteiger charge is -2.37. The molecule has 1 aliphatic heterocycles. The first-order valence-corrected chi connectivity index (χ1v) is 8.93. The fourth-order valence-corrected chi connectivity index (χ4v) is 4.06. The van der Waals surface area contributed by atoms with Gasteiger partial charge in [-0.3, -0.25) is 4.79 Å². The molecule has 2 fully saturated rings. The van der Waals surface area contributed by atoms with E-state index in [9.17, 15) is 4.79 Å². The van der Waals surface area contributed by atoms with E-state index in [1.54, 1.807) is 0 Å². The highest BCUT2D eigenvalue weighted by Gasteiger charge is 2.38. The number of benzene rings is 1. The molecule has 0 spiro atoms. The van der Waals surface area contributed by atoms with Crippen LogP contribution in [-0.4, -0.2) is 30.6 Å². The Labute approximate surface area is 167 Å². The van der Waals surface area contributed by atoms with E-state index in [1.165, 1.54) is 0 Å². The summed E-state index contributed by atoms with van der Waals surface area (Å²) >= 11 is 6.07. The van der Waals surface area contributed by atoms with Gasteiger partial charge in [-0.15, -0.1) is 24.8 Å². The molecule has 1 saturated heterocycles. The van der Waals surface area contributed by atoms with E-state index in [-0.39, 0.29) is 48.2 Å². The van der Waals surface area contributed by atoms with Crippen LogP contribution in [0.4, 0.5) is 5.69 Å². The van der Waals surface area contributed by atoms with Crippen molar-refractivity contribution in [3.8, 4) is 0 Å². The van der Waals surface area contributed by atoms with E-state index >= 15 is 0 Å². The van der Waals surface area contributed by atoms with Crippen molar-refractivity contribution in [2.75, 3.05) is 18.0 Å². The minimum absolute atomic E-state index is 0. The van der Waals surface area contributed by atoms with Crippen molar-refractivity contribution >= 4 is 48.0 Å². The van der Waals surface area contributed by atoms with Crippen LogP contribution >= 0.6 is 36.4 Å². The van der Waals surface area contributed by atoms with Crippen molar-refractivity contribution in [3.63, 3.8) is 0 Å². The number of carbonyl (C=O) groups is 1. The summed E-state index contributed by atoms with van der Waals surface area (Å²) in [6.45, 7) is 3.79. The second-order valence-electron chi connectivity index (χ2n) is 7.22. The van der Waals surface area contributed by atoms with Crippen LogP contribution in [0.1, 0.15) is 39.0 Å². The average molecular weight is 409 g/mol. The second kappa shape index (κ2) is 9.31. The predicted molar refractivity (Wildman–Crippen MR) is 109 cm³/mol. The molecule has 0 radical (unpaired) electrons. The molecule has 3 rings (SSSR count). The van der Waals surface area contributed by atoms with Crippen molar-refractivity contribution in [3.05, 3.63) is 29.3 Å². The molecule has 1 aliphatic carbocycles. The molecular formula is C18H28Cl3N3O. The van der Waals surface area contributed by atoms with Gasteiger partial charge in [0.1, 0.15) is 0 Å². The van der Waals surface area contributed by atoms with E-state index in [4.69, 9.17) is 17.3 Å². The van der Waals surface area contributed by atoms with Gasteiger partial charge in [0.15, 0.2) is 0 Å². The maximum Gasteiger partial charge on any atom is 0.225 e. The third kappa shape index (κ3) is 5.40. The van der Waals surface area contributed by atoms with Gasteiger partial charge in [-0.1, -0.05) is 30.5 Å². The molecule has 25 heavy (non-hydrogen) atoms. The zero-order valence-electron chi connectivity index (χ0n) is 14.5. The van der Waals surface area contributed by atoms with Crippen LogP contribution in [0, 0.1) is 5.92 Å². The Hall–Kier alpha value is -0.680. The van der Waals surface area contributed by atoms with E-state index in [0.717, 1.165) is 55.9 Å². The molecule has 1 saturated carbocycles. The van der Waals surface area contributed by atoms with Gasteiger partial charge < -0.3 is 16.0 Å². The van der Waals surface area contributed by atoms with Crippen molar-refractivity contribution in [2.45, 2.75) is 50.6 Å². The molecule has 1 amide bonds. The van der Waals surface area contributed by atoms with Crippen molar-refractivity contribution in [1.29, 1.82) is 0 Å². The van der Waals surface area contributed by atoms with Crippen molar-refractivity contribution in [2.24, 2.45) is 11.7 Å². The molecule has 0 aromatic heterocycles. The third-order valence-corrected chi connectivity index (χ3v) is 5.51. The van der Waals surface area contributed by atoms with Gasteiger partial charge in [-0.05, 0) is 44.4 Å². The van der Waals surface area contributed by atoms with Gasteiger partial charge in [0.25, 0.3) is 0 Å². The Morgan fingerprint density at radius 3 is 2.76 bits per heavy atom. The van der Waals surface area contributed by atoms with Gasteiger partial charge >= 0.3 is 0 Å². The van der Waals surface area contributed by atoms with Crippen LogP contribution in [-0.2, 0) is 4.79 Å². The fraction of sp³-hybridized carbons (Fsp3) is 0.611. The normalized spacial score (nSPS) is 28.7. The van der Waals surface area contributed by atoms with E-state index in [1.807, 2.05) is 25.1 Å². The standard InChI is InChI=1S/C18H26ClN3O.2ClH/c1-18(20)9-3-2-7-16(18)17(23)21-14-8-10-22(12-14)15-6-4-5-13(19)11-15;;/h4-6,11,14,16H,2-3,7-10,12,20H2,1H3,(H,21,23);2*1H. The summed E-state index contributed by atoms with van der Waals surface area (Å²) in [7, 11) is 0. The Morgan fingerprint density at radius 2 is 2.08 bits per heavy atom. The summed E-state index contributed by atoms with van der Waals surface area (Å²) in [6, 6.07) is 8.08. The fourth-order valence-electron chi connectivity index (χ4n) is 3.88. The second-order valence-corrected chi connectivity index (χ2v) is 7.66. The van der Waals surface area contributed by atoms with Crippen LogP contribution in [0.2, 0.25) is 5.02 Å². The lowest BCUT2D eigenvalue weighted by Crippen LogP contribution is -2.54. The number of amides is 1. The Balaban J connectivity index is 0.00000156. The summed E-state index contributed by atoms with van der Waals surface area (Å²) in [5.74, 6) is 0.0733. The summed E-state index contributed by atoms with van der Waals surface area (Å²) in [5.41, 5.74) is 7.10. The molecule has 142 valence electrons. The molecule has 4 nitrogen and oxygen atoms in total. The van der Waals surface area contributed by atoms with E-state index < -0.39 is 0 Å². The zero-order valence-corrected chi connectivity index (χ0v) is 16.9. The number of hydrogen-bond acceptors (Lipinski definition) is 3. The van der Waals surface area contributed by atoms with Gasteiger partial charge in [0, 0.05) is 35.4 Å². The number of carbonyl (C=O) groups excluding carboxylic acids is 1. The van der Waals surface area contributed by atoms with Crippen LogP contribution in [0.15, 0.2) is 24.3 Å². The van der Waals surface area contributed by atoms with Gasteiger partial charge in [0.2, 0.25) is 5.91 Å². The summed E-state index contributed by atoms with van der Waals surface area (Å²) in [6.07, 6.45) is 5.03. The van der Waals surface area contributed by atoms with Crippen LogP contribution < -0.4 is 16.0 Å². The lowest BCUT2D eigenvalue weighted by molar-refractivity contribution is -0.128. The van der Waals surface area contributed by atoms with Crippen LogP contribution in [0.25, 0.3) is 0 Å². The number of hydrogen-bond donors (Lipinski definition) is 2. The van der Waals surface area contributed by atoms with E-state index in [0.29, 0.717) is 0 Å². The molecule has 1 aromatic rings. The number of halogens is 3. The molecule has 1 heterocycles. The molecule has 2 aliphatic rings. The van der Waals surface area contributed by atoms with Gasteiger partial charge in [0.05, 0.1) is 5.92 Å². The van der Waals surface area contributed by atoms with Crippen LogP contribution in [0.3, 0.4) is 0 Å². The van der Waals surface area contributed by atoms with Crippen LogP contribution in [0.5, 0.6) is 0 Å².